The highest BCUT2D eigenvalue weighted by molar-refractivity contribution is 6.32. The molecule has 0 fully saturated rings. The van der Waals surface area contributed by atoms with Crippen molar-refractivity contribution >= 4 is 41.6 Å². The van der Waals surface area contributed by atoms with Gasteiger partial charge in [-0.05, 0) is 36.0 Å². The third-order valence-corrected chi connectivity index (χ3v) is 3.10. The minimum Gasteiger partial charge on any atom is -0.460 e. The zero-order chi connectivity index (χ0) is 15.3. The normalized spacial score (nSPS) is 12.5. The van der Waals surface area contributed by atoms with Crippen LogP contribution in [0.1, 0.15) is 39.2 Å². The molecule has 0 aromatic carbocycles. The van der Waals surface area contributed by atoms with E-state index in [4.69, 9.17) is 33.7 Å². The van der Waals surface area contributed by atoms with Crippen LogP contribution in [0.2, 0.25) is 10.3 Å². The molecule has 1 aromatic heterocycles. The minimum atomic E-state index is -0.609. The van der Waals surface area contributed by atoms with E-state index in [0.717, 1.165) is 6.42 Å². The molecule has 1 rings (SSSR count). The lowest BCUT2D eigenvalue weighted by Gasteiger charge is -2.20. The number of carbonyl (C=O) groups excluding carboxylic acids is 1. The summed E-state index contributed by atoms with van der Waals surface area (Å²) in [4.78, 5) is 15.6. The molecule has 0 unspecified atom stereocenters. The molecule has 0 aliphatic carbocycles. The van der Waals surface area contributed by atoms with E-state index in [1.165, 1.54) is 0 Å². The topological polar surface area (TPSA) is 65.2 Å². The third-order valence-electron chi connectivity index (χ3n) is 2.71. The SMILES string of the molecule is CC(C)(C)CC[C@H](N)C(=O)OCc1cc(Cl)nc(Cl)c1.Cl. The van der Waals surface area contributed by atoms with Crippen molar-refractivity contribution in [3.8, 4) is 0 Å². The maximum absolute atomic E-state index is 11.8. The Kier molecular flexibility index (Phi) is 8.56. The Morgan fingerprint density at radius 1 is 1.33 bits per heavy atom. The number of aromatic nitrogens is 1. The van der Waals surface area contributed by atoms with Gasteiger partial charge in [0.15, 0.2) is 0 Å². The second kappa shape index (κ2) is 8.79. The second-order valence-corrected chi connectivity index (χ2v) is 6.71. The number of halogens is 3. The van der Waals surface area contributed by atoms with Gasteiger partial charge in [-0.1, -0.05) is 44.0 Å². The van der Waals surface area contributed by atoms with Crippen LogP contribution in [-0.4, -0.2) is 17.0 Å². The molecule has 7 heteroatoms. The maximum Gasteiger partial charge on any atom is 0.323 e. The summed E-state index contributed by atoms with van der Waals surface area (Å²) in [5.74, 6) is -0.418. The van der Waals surface area contributed by atoms with Crippen LogP contribution >= 0.6 is 35.6 Å². The van der Waals surface area contributed by atoms with E-state index >= 15 is 0 Å². The molecular formula is C14H21Cl3N2O2. The maximum atomic E-state index is 11.8. The van der Waals surface area contributed by atoms with Crippen LogP contribution in [-0.2, 0) is 16.1 Å². The summed E-state index contributed by atoms with van der Waals surface area (Å²) >= 11 is 11.5. The van der Waals surface area contributed by atoms with E-state index in [1.807, 2.05) is 0 Å². The summed E-state index contributed by atoms with van der Waals surface area (Å²) in [6.07, 6.45) is 1.45. The molecule has 120 valence electrons. The number of nitrogens with zero attached hydrogens (tertiary/aromatic N) is 1. The molecule has 4 nitrogen and oxygen atoms in total. The van der Waals surface area contributed by atoms with Gasteiger partial charge in [0.05, 0.1) is 0 Å². The number of hydrogen-bond donors (Lipinski definition) is 1. The smallest absolute Gasteiger partial charge is 0.323 e. The average Bonchev–Trinajstić information content (AvgIpc) is 2.31. The third kappa shape index (κ3) is 8.47. The van der Waals surface area contributed by atoms with Gasteiger partial charge in [0, 0.05) is 0 Å². The average molecular weight is 356 g/mol. The van der Waals surface area contributed by atoms with Crippen LogP contribution in [0.25, 0.3) is 0 Å². The number of rotatable bonds is 5. The Labute approximate surface area is 141 Å². The molecule has 21 heavy (non-hydrogen) atoms. The van der Waals surface area contributed by atoms with Crippen LogP contribution in [0.4, 0.5) is 0 Å². The van der Waals surface area contributed by atoms with E-state index < -0.39 is 12.0 Å². The highest BCUT2D eigenvalue weighted by atomic mass is 35.5. The monoisotopic (exact) mass is 354 g/mol. The van der Waals surface area contributed by atoms with Crippen molar-refractivity contribution < 1.29 is 9.53 Å². The summed E-state index contributed by atoms with van der Waals surface area (Å²) in [6, 6.07) is 2.59. The fourth-order valence-electron chi connectivity index (χ4n) is 1.57. The van der Waals surface area contributed by atoms with Gasteiger partial charge in [-0.15, -0.1) is 12.4 Å². The predicted octanol–water partition coefficient (Wildman–Crippen LogP) is 4.01. The number of pyridine rings is 1. The molecule has 0 saturated carbocycles. The summed E-state index contributed by atoms with van der Waals surface area (Å²) in [7, 11) is 0. The zero-order valence-corrected chi connectivity index (χ0v) is 14.7. The molecule has 0 radical (unpaired) electrons. The van der Waals surface area contributed by atoms with Crippen molar-refractivity contribution in [1.82, 2.24) is 4.98 Å². The first-order chi connectivity index (χ1) is 9.17. The lowest BCUT2D eigenvalue weighted by atomic mass is 9.89. The molecule has 0 aliphatic rings. The number of nitrogens with two attached hydrogens (primary N) is 1. The fourth-order valence-corrected chi connectivity index (χ4v) is 2.07. The van der Waals surface area contributed by atoms with Gasteiger partial charge in [-0.25, -0.2) is 4.98 Å². The molecule has 2 N–H and O–H groups in total. The van der Waals surface area contributed by atoms with Crippen molar-refractivity contribution in [2.24, 2.45) is 11.1 Å². The molecule has 0 bridgehead atoms. The lowest BCUT2D eigenvalue weighted by Crippen LogP contribution is -2.33. The first kappa shape index (κ1) is 20.5. The largest absolute Gasteiger partial charge is 0.460 e. The molecule has 1 heterocycles. The van der Waals surface area contributed by atoms with Gasteiger partial charge in [-0.2, -0.15) is 0 Å². The van der Waals surface area contributed by atoms with Crippen molar-refractivity contribution in [1.29, 1.82) is 0 Å². The van der Waals surface area contributed by atoms with Gasteiger partial charge in [0.1, 0.15) is 23.0 Å². The summed E-state index contributed by atoms with van der Waals surface area (Å²) in [6.45, 7) is 6.40. The van der Waals surface area contributed by atoms with Crippen LogP contribution in [0.5, 0.6) is 0 Å². The van der Waals surface area contributed by atoms with Gasteiger partial charge >= 0.3 is 5.97 Å². The van der Waals surface area contributed by atoms with Gasteiger partial charge in [-0.3, -0.25) is 4.79 Å². The Balaban J connectivity index is 0.00000400. The van der Waals surface area contributed by atoms with Crippen LogP contribution in [0.15, 0.2) is 12.1 Å². The van der Waals surface area contributed by atoms with Crippen molar-refractivity contribution in [2.45, 2.75) is 46.3 Å². The van der Waals surface area contributed by atoms with Crippen molar-refractivity contribution in [3.05, 3.63) is 28.0 Å². The van der Waals surface area contributed by atoms with E-state index in [9.17, 15) is 4.79 Å². The van der Waals surface area contributed by atoms with E-state index in [2.05, 4.69) is 25.8 Å². The first-order valence-electron chi connectivity index (χ1n) is 6.41. The quantitative estimate of drug-likeness (QED) is 0.640. The number of carbonyl (C=O) groups is 1. The summed E-state index contributed by atoms with van der Waals surface area (Å²) in [5, 5.41) is 0.529. The molecule has 0 saturated heterocycles. The summed E-state index contributed by atoms with van der Waals surface area (Å²) in [5.41, 5.74) is 6.64. The van der Waals surface area contributed by atoms with Crippen molar-refractivity contribution in [3.63, 3.8) is 0 Å². The Morgan fingerprint density at radius 2 is 1.86 bits per heavy atom. The molecular weight excluding hydrogens is 335 g/mol. The molecule has 1 atom stereocenters. The van der Waals surface area contributed by atoms with E-state index in [1.54, 1.807) is 12.1 Å². The fraction of sp³-hybridized carbons (Fsp3) is 0.571. The van der Waals surface area contributed by atoms with Gasteiger partial charge in [0.2, 0.25) is 0 Å². The predicted molar refractivity (Wildman–Crippen MR) is 88.0 cm³/mol. The Bertz CT molecular complexity index is 456. The highest BCUT2D eigenvalue weighted by Crippen LogP contribution is 2.21. The Morgan fingerprint density at radius 3 is 2.33 bits per heavy atom. The number of esters is 1. The van der Waals surface area contributed by atoms with Crippen molar-refractivity contribution in [2.75, 3.05) is 0 Å². The zero-order valence-electron chi connectivity index (χ0n) is 12.4. The van der Waals surface area contributed by atoms with Crippen LogP contribution < -0.4 is 5.73 Å². The standard InChI is InChI=1S/C14H20Cl2N2O2.ClH/c1-14(2,3)5-4-10(17)13(19)20-8-9-6-11(15)18-12(16)7-9;/h6-7,10H,4-5,8,17H2,1-3H3;1H/t10-;/m0./s1. The number of ether oxygens (including phenoxy) is 1. The van der Waals surface area contributed by atoms with Gasteiger partial charge < -0.3 is 10.5 Å². The van der Waals surface area contributed by atoms with Gasteiger partial charge in [0.25, 0.3) is 0 Å². The van der Waals surface area contributed by atoms with E-state index in [-0.39, 0.29) is 34.7 Å². The van der Waals surface area contributed by atoms with Crippen LogP contribution in [0, 0.1) is 5.41 Å². The van der Waals surface area contributed by atoms with E-state index in [0.29, 0.717) is 12.0 Å². The first-order valence-corrected chi connectivity index (χ1v) is 7.17. The second-order valence-electron chi connectivity index (χ2n) is 5.93. The molecule has 1 aromatic rings. The number of hydrogen-bond acceptors (Lipinski definition) is 4. The van der Waals surface area contributed by atoms with Crippen LogP contribution in [0.3, 0.4) is 0 Å². The lowest BCUT2D eigenvalue weighted by molar-refractivity contribution is -0.146. The summed E-state index contributed by atoms with van der Waals surface area (Å²) < 4.78 is 5.16. The highest BCUT2D eigenvalue weighted by Gasteiger charge is 2.19. The minimum absolute atomic E-state index is 0. The molecule has 0 aliphatic heterocycles. The molecule has 0 spiro atoms. The molecule has 0 amide bonds. The Hall–Kier alpha value is -0.550.